The SMILES string of the molecule is CCNC(=O)CN=C(NCC)N1CCN(c2ccccc2Cl)CC1. The van der Waals surface area contributed by atoms with Gasteiger partial charge >= 0.3 is 0 Å². The van der Waals surface area contributed by atoms with Crippen molar-refractivity contribution < 1.29 is 4.79 Å². The molecule has 1 saturated heterocycles. The Balaban J connectivity index is 1.96. The number of guanidine groups is 1. The number of aliphatic imine (C=N–C) groups is 1. The maximum absolute atomic E-state index is 11.6. The minimum absolute atomic E-state index is 0.0531. The van der Waals surface area contributed by atoms with Gasteiger partial charge in [-0.1, -0.05) is 23.7 Å². The number of halogens is 1. The standard InChI is InChI=1S/C17H26ClN5O/c1-3-19-16(24)13-21-17(20-4-2)23-11-9-22(10-12-23)15-8-6-5-7-14(15)18/h5-8H,3-4,9-13H2,1-2H3,(H,19,24)(H,20,21). The molecule has 0 aromatic heterocycles. The molecular formula is C17H26ClN5O. The average molecular weight is 352 g/mol. The van der Waals surface area contributed by atoms with E-state index in [0.717, 1.165) is 49.4 Å². The molecule has 0 bridgehead atoms. The van der Waals surface area contributed by atoms with Crippen LogP contribution in [0, 0.1) is 0 Å². The first kappa shape index (κ1) is 18.4. The van der Waals surface area contributed by atoms with Gasteiger partial charge in [0.1, 0.15) is 6.54 Å². The van der Waals surface area contributed by atoms with E-state index in [0.29, 0.717) is 6.54 Å². The number of hydrogen-bond acceptors (Lipinski definition) is 3. The summed E-state index contributed by atoms with van der Waals surface area (Å²) in [5.74, 6) is 0.741. The molecule has 1 aromatic rings. The van der Waals surface area contributed by atoms with Crippen LogP contribution in [0.1, 0.15) is 13.8 Å². The van der Waals surface area contributed by atoms with Gasteiger partial charge in [-0.25, -0.2) is 4.99 Å². The van der Waals surface area contributed by atoms with E-state index in [-0.39, 0.29) is 12.5 Å². The Morgan fingerprint density at radius 2 is 1.79 bits per heavy atom. The van der Waals surface area contributed by atoms with Gasteiger partial charge < -0.3 is 20.4 Å². The van der Waals surface area contributed by atoms with Crippen molar-refractivity contribution >= 4 is 29.2 Å². The molecule has 1 amide bonds. The van der Waals surface area contributed by atoms with Gasteiger partial charge in [0, 0.05) is 39.3 Å². The van der Waals surface area contributed by atoms with E-state index >= 15 is 0 Å². The van der Waals surface area contributed by atoms with E-state index < -0.39 is 0 Å². The number of amides is 1. The normalized spacial score (nSPS) is 15.4. The van der Waals surface area contributed by atoms with E-state index in [1.165, 1.54) is 0 Å². The highest BCUT2D eigenvalue weighted by atomic mass is 35.5. The summed E-state index contributed by atoms with van der Waals surface area (Å²) < 4.78 is 0. The van der Waals surface area contributed by atoms with Crippen molar-refractivity contribution in [2.75, 3.05) is 50.7 Å². The fraction of sp³-hybridized carbons (Fsp3) is 0.529. The predicted molar refractivity (Wildman–Crippen MR) is 99.9 cm³/mol. The Labute approximate surface area is 148 Å². The summed E-state index contributed by atoms with van der Waals surface area (Å²) in [7, 11) is 0. The third-order valence-corrected chi connectivity index (χ3v) is 4.17. The number of para-hydroxylation sites is 1. The molecular weight excluding hydrogens is 326 g/mol. The van der Waals surface area contributed by atoms with Crippen LogP contribution in [0.5, 0.6) is 0 Å². The molecule has 1 fully saturated rings. The summed E-state index contributed by atoms with van der Waals surface area (Å²) >= 11 is 6.28. The molecule has 0 radical (unpaired) electrons. The summed E-state index contributed by atoms with van der Waals surface area (Å²) in [4.78, 5) is 20.5. The second-order valence-corrected chi connectivity index (χ2v) is 5.96. The fourth-order valence-electron chi connectivity index (χ4n) is 2.69. The molecule has 0 atom stereocenters. The number of likely N-dealkylation sites (N-methyl/N-ethyl adjacent to an activating group) is 1. The largest absolute Gasteiger partial charge is 0.367 e. The second kappa shape index (κ2) is 9.37. The zero-order valence-corrected chi connectivity index (χ0v) is 15.1. The predicted octanol–water partition coefficient (Wildman–Crippen LogP) is 1.56. The van der Waals surface area contributed by atoms with Gasteiger partial charge in [0.25, 0.3) is 0 Å². The summed E-state index contributed by atoms with van der Waals surface area (Å²) in [6, 6.07) is 7.92. The van der Waals surface area contributed by atoms with Crippen LogP contribution in [0.4, 0.5) is 5.69 Å². The Kier molecular flexibility index (Phi) is 7.18. The molecule has 132 valence electrons. The van der Waals surface area contributed by atoms with Crippen molar-refractivity contribution in [2.24, 2.45) is 4.99 Å². The summed E-state index contributed by atoms with van der Waals surface area (Å²) in [6.07, 6.45) is 0. The maximum Gasteiger partial charge on any atom is 0.241 e. The first-order valence-electron chi connectivity index (χ1n) is 8.45. The quantitative estimate of drug-likeness (QED) is 0.624. The van der Waals surface area contributed by atoms with E-state index in [4.69, 9.17) is 11.6 Å². The van der Waals surface area contributed by atoms with Crippen LogP contribution in [-0.2, 0) is 4.79 Å². The monoisotopic (exact) mass is 351 g/mol. The van der Waals surface area contributed by atoms with Crippen molar-refractivity contribution in [3.8, 4) is 0 Å². The number of carbonyl (C=O) groups excluding carboxylic acids is 1. The number of anilines is 1. The molecule has 1 heterocycles. The molecule has 1 aromatic carbocycles. The number of nitrogens with zero attached hydrogens (tertiary/aromatic N) is 3. The number of rotatable bonds is 5. The average Bonchev–Trinajstić information content (AvgIpc) is 2.59. The third-order valence-electron chi connectivity index (χ3n) is 3.85. The van der Waals surface area contributed by atoms with E-state index in [9.17, 15) is 4.79 Å². The van der Waals surface area contributed by atoms with Gasteiger partial charge in [-0.2, -0.15) is 0 Å². The van der Waals surface area contributed by atoms with Crippen molar-refractivity contribution in [1.29, 1.82) is 0 Å². The Hall–Kier alpha value is -1.95. The highest BCUT2D eigenvalue weighted by Crippen LogP contribution is 2.25. The van der Waals surface area contributed by atoms with Gasteiger partial charge in [-0.3, -0.25) is 4.79 Å². The first-order chi connectivity index (χ1) is 11.7. The molecule has 1 aliphatic heterocycles. The van der Waals surface area contributed by atoms with Crippen LogP contribution in [0.3, 0.4) is 0 Å². The highest BCUT2D eigenvalue weighted by Gasteiger charge is 2.21. The Morgan fingerprint density at radius 3 is 2.42 bits per heavy atom. The summed E-state index contributed by atoms with van der Waals surface area (Å²) in [5.41, 5.74) is 1.07. The van der Waals surface area contributed by atoms with E-state index in [1.807, 2.05) is 38.1 Å². The lowest BCUT2D eigenvalue weighted by Gasteiger charge is -2.38. The Bertz CT molecular complexity index is 570. The minimum atomic E-state index is -0.0531. The van der Waals surface area contributed by atoms with Crippen LogP contribution >= 0.6 is 11.6 Å². The molecule has 6 nitrogen and oxygen atoms in total. The number of carbonyl (C=O) groups is 1. The van der Waals surface area contributed by atoms with Gasteiger partial charge in [0.05, 0.1) is 10.7 Å². The third kappa shape index (κ3) is 5.03. The highest BCUT2D eigenvalue weighted by molar-refractivity contribution is 6.33. The molecule has 0 unspecified atom stereocenters. The van der Waals surface area contributed by atoms with Crippen molar-refractivity contribution in [2.45, 2.75) is 13.8 Å². The molecule has 0 spiro atoms. The zero-order valence-electron chi connectivity index (χ0n) is 14.4. The van der Waals surface area contributed by atoms with Crippen LogP contribution in [0.15, 0.2) is 29.3 Å². The van der Waals surface area contributed by atoms with Crippen molar-refractivity contribution in [3.05, 3.63) is 29.3 Å². The summed E-state index contributed by atoms with van der Waals surface area (Å²) in [5, 5.41) is 6.81. The van der Waals surface area contributed by atoms with Gasteiger partial charge in [0.2, 0.25) is 5.91 Å². The van der Waals surface area contributed by atoms with Gasteiger partial charge in [-0.05, 0) is 26.0 Å². The molecule has 0 saturated carbocycles. The zero-order chi connectivity index (χ0) is 17.4. The molecule has 2 rings (SSSR count). The Morgan fingerprint density at radius 1 is 1.12 bits per heavy atom. The van der Waals surface area contributed by atoms with E-state index in [1.54, 1.807) is 0 Å². The molecule has 24 heavy (non-hydrogen) atoms. The van der Waals surface area contributed by atoms with Crippen LogP contribution in [0.2, 0.25) is 5.02 Å². The molecule has 2 N–H and O–H groups in total. The maximum atomic E-state index is 11.6. The van der Waals surface area contributed by atoms with Crippen LogP contribution in [0.25, 0.3) is 0 Å². The van der Waals surface area contributed by atoms with Crippen molar-refractivity contribution in [3.63, 3.8) is 0 Å². The lowest BCUT2D eigenvalue weighted by Crippen LogP contribution is -2.52. The molecule has 1 aliphatic rings. The summed E-state index contributed by atoms with van der Waals surface area (Å²) in [6.45, 7) is 8.91. The van der Waals surface area contributed by atoms with E-state index in [2.05, 4.69) is 25.4 Å². The topological polar surface area (TPSA) is 60.0 Å². The number of hydrogen-bond donors (Lipinski definition) is 2. The second-order valence-electron chi connectivity index (χ2n) is 5.55. The van der Waals surface area contributed by atoms with Crippen molar-refractivity contribution in [1.82, 2.24) is 15.5 Å². The minimum Gasteiger partial charge on any atom is -0.367 e. The van der Waals surface area contributed by atoms with Crippen LogP contribution < -0.4 is 15.5 Å². The van der Waals surface area contributed by atoms with Gasteiger partial charge in [0.15, 0.2) is 5.96 Å². The van der Waals surface area contributed by atoms with Crippen LogP contribution in [-0.4, -0.2) is 62.6 Å². The lowest BCUT2D eigenvalue weighted by atomic mass is 10.2. The number of benzene rings is 1. The first-order valence-corrected chi connectivity index (χ1v) is 8.83. The van der Waals surface area contributed by atoms with Gasteiger partial charge in [-0.15, -0.1) is 0 Å². The smallest absolute Gasteiger partial charge is 0.241 e. The molecule has 0 aliphatic carbocycles. The molecule has 7 heteroatoms. The lowest BCUT2D eigenvalue weighted by molar-refractivity contribution is -0.119. The number of nitrogens with one attached hydrogen (secondary N) is 2. The number of piperazine rings is 1. The fourth-order valence-corrected chi connectivity index (χ4v) is 2.95.